The van der Waals surface area contributed by atoms with E-state index >= 15 is 0 Å². The fourth-order valence-corrected chi connectivity index (χ4v) is 3.72. The number of fused-ring (bicyclic) bond motifs is 1. The number of benzene rings is 2. The van der Waals surface area contributed by atoms with Crippen LogP contribution < -0.4 is 0 Å². The average molecular weight is 353 g/mol. The lowest BCUT2D eigenvalue weighted by Gasteiger charge is -2.26. The molecule has 1 heterocycles. The third kappa shape index (κ3) is 3.63. The van der Waals surface area contributed by atoms with Crippen LogP contribution in [0.1, 0.15) is 30.4 Å². The standard InChI is InChI=1S/C18H18Cl2O3/c1-10-6-17(20)15(16-7-11(19)2-4-14(10)16)5-3-13-8-12(21)9-18(22)23-13/h2,4,6-7,12-13,21H,3,5,8-9H2,1H3/t12-,13-/m1/s1. The van der Waals surface area contributed by atoms with E-state index in [1.807, 2.05) is 31.2 Å². The molecule has 0 aromatic heterocycles. The first-order valence-corrected chi connectivity index (χ1v) is 8.44. The lowest BCUT2D eigenvalue weighted by atomic mass is 9.94. The second-order valence-corrected chi connectivity index (χ2v) is 6.93. The van der Waals surface area contributed by atoms with Crippen molar-refractivity contribution in [3.05, 3.63) is 45.4 Å². The Morgan fingerprint density at radius 3 is 2.78 bits per heavy atom. The van der Waals surface area contributed by atoms with Gasteiger partial charge in [0.15, 0.2) is 0 Å². The Hall–Kier alpha value is -1.29. The van der Waals surface area contributed by atoms with Crippen LogP contribution in [0.25, 0.3) is 10.8 Å². The first kappa shape index (κ1) is 16.6. The van der Waals surface area contributed by atoms with Gasteiger partial charge in [-0.25, -0.2) is 0 Å². The van der Waals surface area contributed by atoms with Gasteiger partial charge in [0.05, 0.1) is 12.5 Å². The van der Waals surface area contributed by atoms with Crippen molar-refractivity contribution in [2.45, 2.75) is 44.8 Å². The Bertz CT molecular complexity index is 758. The zero-order valence-corrected chi connectivity index (χ0v) is 14.3. The van der Waals surface area contributed by atoms with Gasteiger partial charge in [0.25, 0.3) is 0 Å². The van der Waals surface area contributed by atoms with Gasteiger partial charge in [-0.15, -0.1) is 0 Å². The van der Waals surface area contributed by atoms with Crippen LogP contribution >= 0.6 is 23.2 Å². The van der Waals surface area contributed by atoms with Crippen LogP contribution in [-0.2, 0) is 16.0 Å². The quantitative estimate of drug-likeness (QED) is 0.829. The highest BCUT2D eigenvalue weighted by atomic mass is 35.5. The molecular formula is C18H18Cl2O3. The SMILES string of the molecule is Cc1cc(Cl)c(CC[C@@H]2C[C@@H](O)CC(=O)O2)c2cc(Cl)ccc12. The van der Waals surface area contributed by atoms with Gasteiger partial charge in [-0.1, -0.05) is 29.3 Å². The van der Waals surface area contributed by atoms with E-state index in [2.05, 4.69) is 0 Å². The third-order valence-corrected chi connectivity index (χ3v) is 4.89. The van der Waals surface area contributed by atoms with Crippen LogP contribution in [0.2, 0.25) is 10.0 Å². The maximum atomic E-state index is 11.4. The lowest BCUT2D eigenvalue weighted by molar-refractivity contribution is -0.160. The molecule has 0 amide bonds. The topological polar surface area (TPSA) is 46.5 Å². The molecule has 23 heavy (non-hydrogen) atoms. The van der Waals surface area contributed by atoms with Crippen LogP contribution in [0.4, 0.5) is 0 Å². The summed E-state index contributed by atoms with van der Waals surface area (Å²) in [6, 6.07) is 7.74. The van der Waals surface area contributed by atoms with Gasteiger partial charge in [-0.3, -0.25) is 4.79 Å². The largest absolute Gasteiger partial charge is 0.462 e. The molecule has 122 valence electrons. The monoisotopic (exact) mass is 352 g/mol. The van der Waals surface area contributed by atoms with Crippen molar-refractivity contribution in [1.82, 2.24) is 0 Å². The predicted octanol–water partition coefficient (Wildman–Crippen LogP) is 4.45. The van der Waals surface area contributed by atoms with Gasteiger partial charge in [0, 0.05) is 16.5 Å². The number of halogens is 2. The number of carbonyl (C=O) groups is 1. The molecular weight excluding hydrogens is 335 g/mol. The van der Waals surface area contributed by atoms with Crippen molar-refractivity contribution in [1.29, 1.82) is 0 Å². The lowest BCUT2D eigenvalue weighted by Crippen LogP contribution is -2.32. The minimum atomic E-state index is -0.610. The maximum Gasteiger partial charge on any atom is 0.308 e. The summed E-state index contributed by atoms with van der Waals surface area (Å²) in [4.78, 5) is 11.4. The molecule has 0 unspecified atom stereocenters. The zero-order chi connectivity index (χ0) is 16.6. The number of carbonyl (C=O) groups excluding carboxylic acids is 1. The fourth-order valence-electron chi connectivity index (χ4n) is 3.19. The third-order valence-electron chi connectivity index (χ3n) is 4.31. The van der Waals surface area contributed by atoms with Crippen LogP contribution in [-0.4, -0.2) is 23.3 Å². The zero-order valence-electron chi connectivity index (χ0n) is 12.8. The number of hydrogen-bond acceptors (Lipinski definition) is 3. The predicted molar refractivity (Wildman–Crippen MR) is 92.1 cm³/mol. The molecule has 2 aromatic rings. The van der Waals surface area contributed by atoms with Crippen molar-refractivity contribution in [3.63, 3.8) is 0 Å². The number of ether oxygens (including phenoxy) is 1. The van der Waals surface area contributed by atoms with E-state index in [0.717, 1.165) is 21.9 Å². The van der Waals surface area contributed by atoms with Crippen LogP contribution in [0.3, 0.4) is 0 Å². The summed E-state index contributed by atoms with van der Waals surface area (Å²) in [5, 5.41) is 13.2. The summed E-state index contributed by atoms with van der Waals surface area (Å²) >= 11 is 12.6. The Balaban J connectivity index is 1.88. The van der Waals surface area contributed by atoms with Gasteiger partial charge < -0.3 is 9.84 Å². The highest BCUT2D eigenvalue weighted by Gasteiger charge is 2.27. The summed E-state index contributed by atoms with van der Waals surface area (Å²) in [6.07, 6.45) is 0.987. The van der Waals surface area contributed by atoms with Crippen molar-refractivity contribution in [2.75, 3.05) is 0 Å². The van der Waals surface area contributed by atoms with E-state index in [1.54, 1.807) is 0 Å². The van der Waals surface area contributed by atoms with Crippen LogP contribution in [0.5, 0.6) is 0 Å². The summed E-state index contributed by atoms with van der Waals surface area (Å²) in [7, 11) is 0. The summed E-state index contributed by atoms with van der Waals surface area (Å²) in [5.41, 5.74) is 2.11. The molecule has 0 aliphatic carbocycles. The van der Waals surface area contributed by atoms with E-state index in [4.69, 9.17) is 27.9 Å². The number of cyclic esters (lactones) is 1. The highest BCUT2D eigenvalue weighted by molar-refractivity contribution is 6.33. The number of hydrogen-bond donors (Lipinski definition) is 1. The molecule has 5 heteroatoms. The number of aliphatic hydroxyl groups is 1. The van der Waals surface area contributed by atoms with E-state index in [1.165, 1.54) is 0 Å². The van der Waals surface area contributed by atoms with Gasteiger partial charge in [0.1, 0.15) is 6.10 Å². The van der Waals surface area contributed by atoms with Gasteiger partial charge >= 0.3 is 5.97 Å². The van der Waals surface area contributed by atoms with E-state index < -0.39 is 6.10 Å². The molecule has 2 aromatic carbocycles. The Kier molecular flexibility index (Phi) is 4.81. The van der Waals surface area contributed by atoms with E-state index in [-0.39, 0.29) is 18.5 Å². The molecule has 1 aliphatic rings. The number of rotatable bonds is 3. The summed E-state index contributed by atoms with van der Waals surface area (Å²) < 4.78 is 5.31. The normalized spacial score (nSPS) is 21.5. The molecule has 1 fully saturated rings. The molecule has 3 nitrogen and oxygen atoms in total. The molecule has 0 spiro atoms. The van der Waals surface area contributed by atoms with Crippen molar-refractivity contribution in [2.24, 2.45) is 0 Å². The van der Waals surface area contributed by atoms with Gasteiger partial charge in [0.2, 0.25) is 0 Å². The Morgan fingerprint density at radius 1 is 1.26 bits per heavy atom. The summed E-state index contributed by atoms with van der Waals surface area (Å²) in [6.45, 7) is 2.02. The Morgan fingerprint density at radius 2 is 2.04 bits per heavy atom. The molecule has 0 saturated carbocycles. The van der Waals surface area contributed by atoms with Crippen molar-refractivity contribution in [3.8, 4) is 0 Å². The molecule has 0 bridgehead atoms. The van der Waals surface area contributed by atoms with Gasteiger partial charge in [-0.05, 0) is 59.9 Å². The second kappa shape index (κ2) is 6.68. The number of aliphatic hydroxyl groups excluding tert-OH is 1. The molecule has 2 atom stereocenters. The minimum Gasteiger partial charge on any atom is -0.462 e. The van der Waals surface area contributed by atoms with Crippen LogP contribution in [0, 0.1) is 6.92 Å². The average Bonchev–Trinajstić information content (AvgIpc) is 2.45. The molecule has 1 N–H and O–H groups in total. The van der Waals surface area contributed by atoms with Crippen molar-refractivity contribution < 1.29 is 14.6 Å². The molecule has 0 radical (unpaired) electrons. The number of esters is 1. The molecule has 1 saturated heterocycles. The fraction of sp³-hybridized carbons (Fsp3) is 0.389. The van der Waals surface area contributed by atoms with Crippen LogP contribution in [0.15, 0.2) is 24.3 Å². The second-order valence-electron chi connectivity index (χ2n) is 6.09. The van der Waals surface area contributed by atoms with E-state index in [9.17, 15) is 9.90 Å². The molecule has 1 aliphatic heterocycles. The minimum absolute atomic E-state index is 0.0837. The highest BCUT2D eigenvalue weighted by Crippen LogP contribution is 2.33. The molecule has 3 rings (SSSR count). The Labute approximate surface area is 145 Å². The first-order chi connectivity index (χ1) is 10.9. The smallest absolute Gasteiger partial charge is 0.308 e. The van der Waals surface area contributed by atoms with Crippen molar-refractivity contribution >= 4 is 39.9 Å². The van der Waals surface area contributed by atoms with Gasteiger partial charge in [-0.2, -0.15) is 0 Å². The maximum absolute atomic E-state index is 11.4. The first-order valence-electron chi connectivity index (χ1n) is 7.69. The summed E-state index contributed by atoms with van der Waals surface area (Å²) in [5.74, 6) is -0.336. The number of aryl methyl sites for hydroxylation is 2. The van der Waals surface area contributed by atoms with E-state index in [0.29, 0.717) is 29.3 Å².